The van der Waals surface area contributed by atoms with Crippen LogP contribution in [0.5, 0.6) is 0 Å². The highest BCUT2D eigenvalue weighted by Crippen LogP contribution is 2.27. The summed E-state index contributed by atoms with van der Waals surface area (Å²) in [6.45, 7) is 0. The van der Waals surface area contributed by atoms with E-state index < -0.39 is 0 Å². The van der Waals surface area contributed by atoms with Crippen LogP contribution in [-0.2, 0) is 0 Å². The van der Waals surface area contributed by atoms with Gasteiger partial charge in [0.05, 0.1) is 10.2 Å². The Bertz CT molecular complexity index is 819. The molecule has 2 aromatic carbocycles. The molecule has 0 amide bonds. The number of thiocarbonyl (C=S) groups is 1. The Kier molecular flexibility index (Phi) is 4.77. The highest BCUT2D eigenvalue weighted by Gasteiger charge is 2.04. The molecule has 0 radical (unpaired) electrons. The summed E-state index contributed by atoms with van der Waals surface area (Å²) in [7, 11) is 0. The molecule has 1 heterocycles. The van der Waals surface area contributed by atoms with Gasteiger partial charge in [0.25, 0.3) is 0 Å². The molecule has 112 valence electrons. The summed E-state index contributed by atoms with van der Waals surface area (Å²) in [4.78, 5) is 4.46. The molecule has 0 aliphatic rings. The summed E-state index contributed by atoms with van der Waals surface area (Å²) in [5, 5.41) is 4.93. The summed E-state index contributed by atoms with van der Waals surface area (Å²) in [5.74, 6) is 0. The molecular weight excluding hydrogens is 404 g/mol. The summed E-state index contributed by atoms with van der Waals surface area (Å²) >= 11 is 16.1. The van der Waals surface area contributed by atoms with Crippen molar-refractivity contribution in [3.8, 4) is 0 Å². The van der Waals surface area contributed by atoms with Gasteiger partial charge in [-0.3, -0.25) is 10.9 Å². The lowest BCUT2D eigenvalue weighted by Crippen LogP contribution is -2.33. The van der Waals surface area contributed by atoms with Crippen molar-refractivity contribution in [2.45, 2.75) is 0 Å². The lowest BCUT2D eigenvalue weighted by atomic mass is 10.3. The molecule has 0 saturated carbocycles. The number of nitrogens with one attached hydrogen (secondary N) is 3. The van der Waals surface area contributed by atoms with Gasteiger partial charge in [-0.25, -0.2) is 4.98 Å². The van der Waals surface area contributed by atoms with Crippen molar-refractivity contribution in [2.75, 3.05) is 10.7 Å². The minimum atomic E-state index is 0.447. The van der Waals surface area contributed by atoms with Crippen LogP contribution in [0.1, 0.15) is 0 Å². The summed E-state index contributed by atoms with van der Waals surface area (Å²) < 4.78 is 2.12. The van der Waals surface area contributed by atoms with Crippen molar-refractivity contribution >= 4 is 77.2 Å². The highest BCUT2D eigenvalue weighted by molar-refractivity contribution is 9.10. The predicted octanol–water partition coefficient (Wildman–Crippen LogP) is 5.03. The molecule has 0 aliphatic heterocycles. The maximum Gasteiger partial charge on any atom is 0.202 e. The number of nitrogens with zero attached hydrogens (tertiary/aromatic N) is 1. The van der Waals surface area contributed by atoms with E-state index in [2.05, 4.69) is 37.1 Å². The summed E-state index contributed by atoms with van der Waals surface area (Å²) in [6, 6.07) is 13.3. The molecule has 22 heavy (non-hydrogen) atoms. The van der Waals surface area contributed by atoms with Crippen molar-refractivity contribution in [2.24, 2.45) is 0 Å². The molecule has 4 nitrogen and oxygen atoms in total. The Labute approximate surface area is 150 Å². The second-order valence-electron chi connectivity index (χ2n) is 4.34. The Morgan fingerprint density at radius 2 is 1.95 bits per heavy atom. The lowest BCUT2D eigenvalue weighted by Gasteiger charge is -2.10. The van der Waals surface area contributed by atoms with Crippen molar-refractivity contribution in [1.82, 2.24) is 10.4 Å². The Balaban J connectivity index is 1.61. The minimum absolute atomic E-state index is 0.447. The van der Waals surface area contributed by atoms with Gasteiger partial charge in [-0.05, 0) is 54.7 Å². The van der Waals surface area contributed by atoms with Crippen LogP contribution in [0.4, 0.5) is 10.8 Å². The number of rotatable bonds is 3. The van der Waals surface area contributed by atoms with Crippen LogP contribution in [0.15, 0.2) is 46.9 Å². The molecule has 0 unspecified atom stereocenters. The Morgan fingerprint density at radius 3 is 2.73 bits per heavy atom. The van der Waals surface area contributed by atoms with Crippen molar-refractivity contribution in [3.05, 3.63) is 52.0 Å². The molecule has 0 saturated heterocycles. The molecule has 0 bridgehead atoms. The third-order valence-corrected chi connectivity index (χ3v) is 4.62. The maximum absolute atomic E-state index is 5.84. The number of hydrazine groups is 1. The van der Waals surface area contributed by atoms with Gasteiger partial charge in [-0.15, -0.1) is 0 Å². The molecule has 0 atom stereocenters. The van der Waals surface area contributed by atoms with Gasteiger partial charge in [-0.2, -0.15) is 0 Å². The molecule has 0 spiro atoms. The van der Waals surface area contributed by atoms with Gasteiger partial charge >= 0.3 is 0 Å². The fourth-order valence-corrected chi connectivity index (χ4v) is 3.42. The molecule has 3 rings (SSSR count). The molecule has 0 fully saturated rings. The van der Waals surface area contributed by atoms with Gasteiger partial charge in [0.15, 0.2) is 5.11 Å². The number of anilines is 2. The van der Waals surface area contributed by atoms with E-state index in [-0.39, 0.29) is 0 Å². The zero-order valence-electron chi connectivity index (χ0n) is 11.1. The molecule has 3 N–H and O–H groups in total. The first kappa shape index (κ1) is 15.5. The number of thiazole rings is 1. The second kappa shape index (κ2) is 6.78. The van der Waals surface area contributed by atoms with Crippen LogP contribution in [0.2, 0.25) is 5.02 Å². The molecule has 3 aromatic rings. The Hall–Kier alpha value is -1.41. The van der Waals surface area contributed by atoms with E-state index in [0.29, 0.717) is 10.1 Å². The normalized spacial score (nSPS) is 10.5. The average molecular weight is 414 g/mol. The largest absolute Gasteiger partial charge is 0.331 e. The van der Waals surface area contributed by atoms with Crippen LogP contribution in [0, 0.1) is 0 Å². The summed E-state index contributed by atoms with van der Waals surface area (Å²) in [6.07, 6.45) is 0. The van der Waals surface area contributed by atoms with E-state index in [1.807, 2.05) is 30.3 Å². The minimum Gasteiger partial charge on any atom is -0.331 e. The third-order valence-electron chi connectivity index (χ3n) is 2.74. The van der Waals surface area contributed by atoms with Crippen LogP contribution in [0.3, 0.4) is 0 Å². The molecule has 0 aliphatic carbocycles. The molecular formula is C14H10BrClN4S2. The molecule has 8 heteroatoms. The van der Waals surface area contributed by atoms with Crippen LogP contribution in [0.25, 0.3) is 10.2 Å². The number of fused-ring (bicyclic) bond motifs is 1. The lowest BCUT2D eigenvalue weighted by molar-refractivity contribution is 1.13. The summed E-state index contributed by atoms with van der Waals surface area (Å²) in [5.41, 5.74) is 7.71. The number of benzene rings is 2. The number of aromatic nitrogens is 1. The van der Waals surface area contributed by atoms with Gasteiger partial charge in [0, 0.05) is 15.2 Å². The van der Waals surface area contributed by atoms with Gasteiger partial charge in [0.1, 0.15) is 0 Å². The van der Waals surface area contributed by atoms with Gasteiger partial charge in [0.2, 0.25) is 5.13 Å². The van der Waals surface area contributed by atoms with Crippen LogP contribution in [-0.4, -0.2) is 10.1 Å². The molecule has 1 aromatic heterocycles. The SMILES string of the molecule is S=C(NNc1nc2ccc(Br)cc2s1)Nc1ccc(Cl)cc1. The fourth-order valence-electron chi connectivity index (χ4n) is 1.76. The zero-order chi connectivity index (χ0) is 15.5. The number of hydrogen-bond acceptors (Lipinski definition) is 4. The predicted molar refractivity (Wildman–Crippen MR) is 102 cm³/mol. The number of hydrogen-bond donors (Lipinski definition) is 3. The zero-order valence-corrected chi connectivity index (χ0v) is 15.0. The maximum atomic E-state index is 5.84. The fraction of sp³-hybridized carbons (Fsp3) is 0. The number of halogens is 2. The van der Waals surface area contributed by atoms with E-state index in [0.717, 1.165) is 25.5 Å². The van der Waals surface area contributed by atoms with E-state index in [1.165, 1.54) is 0 Å². The monoisotopic (exact) mass is 412 g/mol. The first-order chi connectivity index (χ1) is 10.6. The van der Waals surface area contributed by atoms with Crippen molar-refractivity contribution in [3.63, 3.8) is 0 Å². The van der Waals surface area contributed by atoms with Crippen molar-refractivity contribution < 1.29 is 0 Å². The van der Waals surface area contributed by atoms with Crippen LogP contribution >= 0.6 is 51.1 Å². The van der Waals surface area contributed by atoms with Crippen molar-refractivity contribution in [1.29, 1.82) is 0 Å². The second-order valence-corrected chi connectivity index (χ2v) is 7.13. The first-order valence-electron chi connectivity index (χ1n) is 6.25. The van der Waals surface area contributed by atoms with E-state index in [4.69, 9.17) is 23.8 Å². The van der Waals surface area contributed by atoms with Crippen LogP contribution < -0.4 is 16.2 Å². The topological polar surface area (TPSA) is 49.0 Å². The van der Waals surface area contributed by atoms with E-state index in [9.17, 15) is 0 Å². The first-order valence-corrected chi connectivity index (χ1v) is 8.64. The third kappa shape index (κ3) is 3.86. The van der Waals surface area contributed by atoms with E-state index in [1.54, 1.807) is 23.5 Å². The quantitative estimate of drug-likeness (QED) is 0.415. The smallest absolute Gasteiger partial charge is 0.202 e. The van der Waals surface area contributed by atoms with Gasteiger partial charge in [-0.1, -0.05) is 38.9 Å². The standard InChI is InChI=1S/C14H10BrClN4S2/c15-8-1-6-11-12(7-8)22-14(18-11)20-19-13(21)17-10-4-2-9(16)3-5-10/h1-7H,(H,18,20)(H2,17,19,21). The highest BCUT2D eigenvalue weighted by atomic mass is 79.9. The van der Waals surface area contributed by atoms with E-state index >= 15 is 0 Å². The average Bonchev–Trinajstić information content (AvgIpc) is 2.89. The van der Waals surface area contributed by atoms with Gasteiger partial charge < -0.3 is 5.32 Å². The Morgan fingerprint density at radius 1 is 1.18 bits per heavy atom.